The van der Waals surface area contributed by atoms with Gasteiger partial charge in [-0.15, -0.1) is 0 Å². The molecular weight excluding hydrogens is 393 g/mol. The number of nitrogens with one attached hydrogen (secondary N) is 2. The summed E-state index contributed by atoms with van der Waals surface area (Å²) in [6, 6.07) is 5.68. The van der Waals surface area contributed by atoms with Gasteiger partial charge in [0, 0.05) is 32.8 Å². The van der Waals surface area contributed by atoms with Crippen LogP contribution in [0.2, 0.25) is 0 Å². The molecule has 0 bridgehead atoms. The SMILES string of the molecule is CN=C(NCC1CCCN(C)C1c1ccc(C(F)(F)F)cc1)NCC1(C)CCCO1. The van der Waals surface area contributed by atoms with Crippen LogP contribution in [-0.4, -0.2) is 56.8 Å². The van der Waals surface area contributed by atoms with Crippen molar-refractivity contribution in [3.8, 4) is 0 Å². The van der Waals surface area contributed by atoms with Gasteiger partial charge in [0.05, 0.1) is 11.2 Å². The van der Waals surface area contributed by atoms with E-state index in [1.165, 1.54) is 12.1 Å². The topological polar surface area (TPSA) is 48.9 Å². The van der Waals surface area contributed by atoms with Crippen molar-refractivity contribution >= 4 is 5.96 Å². The van der Waals surface area contributed by atoms with Gasteiger partial charge in [-0.25, -0.2) is 0 Å². The van der Waals surface area contributed by atoms with Crippen LogP contribution in [0.5, 0.6) is 0 Å². The third-order valence-corrected chi connectivity index (χ3v) is 6.27. The van der Waals surface area contributed by atoms with Gasteiger partial charge in [-0.3, -0.25) is 9.89 Å². The maximum atomic E-state index is 12.9. The van der Waals surface area contributed by atoms with Gasteiger partial charge in [0.1, 0.15) is 0 Å². The van der Waals surface area contributed by atoms with Crippen molar-refractivity contribution in [2.45, 2.75) is 50.4 Å². The van der Waals surface area contributed by atoms with E-state index in [-0.39, 0.29) is 17.6 Å². The van der Waals surface area contributed by atoms with Crippen LogP contribution < -0.4 is 10.6 Å². The Bertz CT molecular complexity index is 714. The Labute approximate surface area is 177 Å². The first kappa shape index (κ1) is 22.9. The molecule has 0 aliphatic carbocycles. The minimum Gasteiger partial charge on any atom is -0.373 e. The van der Waals surface area contributed by atoms with E-state index in [0.717, 1.165) is 50.4 Å². The summed E-state index contributed by atoms with van der Waals surface area (Å²) in [4.78, 5) is 6.56. The number of hydrogen-bond acceptors (Lipinski definition) is 3. The van der Waals surface area contributed by atoms with E-state index < -0.39 is 11.7 Å². The first-order valence-corrected chi connectivity index (χ1v) is 10.7. The van der Waals surface area contributed by atoms with Crippen molar-refractivity contribution in [3.63, 3.8) is 0 Å². The molecule has 1 aromatic rings. The molecule has 2 fully saturated rings. The summed E-state index contributed by atoms with van der Waals surface area (Å²) in [7, 11) is 3.79. The molecule has 3 rings (SSSR count). The van der Waals surface area contributed by atoms with E-state index in [1.807, 2.05) is 7.05 Å². The van der Waals surface area contributed by atoms with Crippen molar-refractivity contribution in [1.82, 2.24) is 15.5 Å². The van der Waals surface area contributed by atoms with Crippen molar-refractivity contribution in [3.05, 3.63) is 35.4 Å². The molecule has 0 radical (unpaired) electrons. The van der Waals surface area contributed by atoms with Gasteiger partial charge in [0.15, 0.2) is 5.96 Å². The molecule has 3 atom stereocenters. The number of benzene rings is 1. The number of hydrogen-bond donors (Lipinski definition) is 2. The summed E-state index contributed by atoms with van der Waals surface area (Å²) in [6.07, 6.45) is -0.123. The molecule has 0 spiro atoms. The predicted molar refractivity (Wildman–Crippen MR) is 112 cm³/mol. The zero-order chi connectivity index (χ0) is 21.8. The van der Waals surface area contributed by atoms with Gasteiger partial charge < -0.3 is 15.4 Å². The average molecular weight is 427 g/mol. The van der Waals surface area contributed by atoms with Gasteiger partial charge >= 0.3 is 6.18 Å². The fourth-order valence-corrected chi connectivity index (χ4v) is 4.56. The second-order valence-corrected chi connectivity index (χ2v) is 8.66. The van der Waals surface area contributed by atoms with Crippen LogP contribution in [0, 0.1) is 5.92 Å². The zero-order valence-electron chi connectivity index (χ0n) is 18.1. The molecule has 0 aromatic heterocycles. The fourth-order valence-electron chi connectivity index (χ4n) is 4.56. The molecule has 168 valence electrons. The lowest BCUT2D eigenvalue weighted by atomic mass is 9.84. The lowest BCUT2D eigenvalue weighted by Gasteiger charge is -2.40. The minimum atomic E-state index is -4.31. The van der Waals surface area contributed by atoms with Crippen molar-refractivity contribution in [2.75, 3.05) is 40.3 Å². The highest BCUT2D eigenvalue weighted by molar-refractivity contribution is 5.79. The molecule has 5 nitrogen and oxygen atoms in total. The van der Waals surface area contributed by atoms with E-state index in [2.05, 4.69) is 27.4 Å². The number of halogens is 3. The molecule has 2 heterocycles. The van der Waals surface area contributed by atoms with Crippen LogP contribution in [-0.2, 0) is 10.9 Å². The summed E-state index contributed by atoms with van der Waals surface area (Å²) in [6.45, 7) is 5.24. The van der Waals surface area contributed by atoms with Crippen LogP contribution in [0.1, 0.15) is 49.8 Å². The molecule has 0 amide bonds. The highest BCUT2D eigenvalue weighted by Crippen LogP contribution is 2.36. The van der Waals surface area contributed by atoms with E-state index in [4.69, 9.17) is 4.74 Å². The minimum absolute atomic E-state index is 0.0716. The number of rotatable bonds is 5. The second-order valence-electron chi connectivity index (χ2n) is 8.66. The van der Waals surface area contributed by atoms with Gasteiger partial charge in [-0.05, 0) is 69.8 Å². The van der Waals surface area contributed by atoms with Gasteiger partial charge in [-0.2, -0.15) is 13.2 Å². The normalized spacial score (nSPS) is 28.5. The third-order valence-electron chi connectivity index (χ3n) is 6.27. The standard InChI is InChI=1S/C22H33F3N4O/c1-21(11-5-13-30-21)15-28-20(26-2)27-14-17-6-4-12-29(3)19(17)16-7-9-18(10-8-16)22(23,24)25/h7-10,17,19H,4-6,11-15H2,1-3H3,(H2,26,27,28). The van der Waals surface area contributed by atoms with Crippen molar-refractivity contribution < 1.29 is 17.9 Å². The number of piperidine rings is 1. The number of nitrogens with zero attached hydrogens (tertiary/aromatic N) is 2. The van der Waals surface area contributed by atoms with Crippen LogP contribution in [0.15, 0.2) is 29.3 Å². The summed E-state index contributed by atoms with van der Waals surface area (Å²) >= 11 is 0. The molecule has 0 saturated carbocycles. The Morgan fingerprint density at radius 1 is 1.23 bits per heavy atom. The highest BCUT2D eigenvalue weighted by atomic mass is 19.4. The Morgan fingerprint density at radius 2 is 1.97 bits per heavy atom. The largest absolute Gasteiger partial charge is 0.416 e. The molecule has 30 heavy (non-hydrogen) atoms. The summed E-state index contributed by atoms with van der Waals surface area (Å²) in [5.41, 5.74) is 0.157. The molecule has 1 aromatic carbocycles. The monoisotopic (exact) mass is 426 g/mol. The Balaban J connectivity index is 1.62. The van der Waals surface area contributed by atoms with Gasteiger partial charge in [-0.1, -0.05) is 12.1 Å². The maximum Gasteiger partial charge on any atom is 0.416 e. The first-order chi connectivity index (χ1) is 14.2. The fraction of sp³-hybridized carbons (Fsp3) is 0.682. The Morgan fingerprint density at radius 3 is 2.57 bits per heavy atom. The number of alkyl halides is 3. The Hall–Kier alpha value is -1.80. The maximum absolute atomic E-state index is 12.9. The Kier molecular flexibility index (Phi) is 7.29. The van der Waals surface area contributed by atoms with Crippen molar-refractivity contribution in [2.24, 2.45) is 10.9 Å². The van der Waals surface area contributed by atoms with Crippen LogP contribution >= 0.6 is 0 Å². The molecule has 2 N–H and O–H groups in total. The summed E-state index contributed by atoms with van der Waals surface area (Å²) in [5, 5.41) is 6.77. The molecular formula is C22H33F3N4O. The summed E-state index contributed by atoms with van der Waals surface area (Å²) < 4.78 is 44.6. The molecule has 2 aliphatic rings. The zero-order valence-corrected chi connectivity index (χ0v) is 18.1. The quantitative estimate of drug-likeness (QED) is 0.555. The smallest absolute Gasteiger partial charge is 0.373 e. The van der Waals surface area contributed by atoms with Gasteiger partial charge in [0.25, 0.3) is 0 Å². The average Bonchev–Trinajstić information content (AvgIpc) is 3.14. The lowest BCUT2D eigenvalue weighted by molar-refractivity contribution is -0.137. The third kappa shape index (κ3) is 5.66. The van der Waals surface area contributed by atoms with Gasteiger partial charge in [0.2, 0.25) is 0 Å². The molecule has 2 saturated heterocycles. The lowest BCUT2D eigenvalue weighted by Crippen LogP contribution is -2.48. The van der Waals surface area contributed by atoms with E-state index in [0.29, 0.717) is 13.1 Å². The number of likely N-dealkylation sites (tertiary alicyclic amines) is 1. The van der Waals surface area contributed by atoms with E-state index >= 15 is 0 Å². The van der Waals surface area contributed by atoms with Crippen LogP contribution in [0.25, 0.3) is 0 Å². The molecule has 3 unspecified atom stereocenters. The molecule has 2 aliphatic heterocycles. The second kappa shape index (κ2) is 9.56. The van der Waals surface area contributed by atoms with Crippen LogP contribution in [0.4, 0.5) is 13.2 Å². The van der Waals surface area contributed by atoms with Crippen LogP contribution in [0.3, 0.4) is 0 Å². The number of aliphatic imine (C=N–C) groups is 1. The van der Waals surface area contributed by atoms with E-state index in [1.54, 1.807) is 19.2 Å². The van der Waals surface area contributed by atoms with Crippen molar-refractivity contribution in [1.29, 1.82) is 0 Å². The van der Waals surface area contributed by atoms with E-state index in [9.17, 15) is 13.2 Å². The predicted octanol–water partition coefficient (Wildman–Crippen LogP) is 3.82. The number of guanidine groups is 1. The summed E-state index contributed by atoms with van der Waals surface area (Å²) in [5.74, 6) is 1.00. The number of ether oxygens (including phenoxy) is 1. The highest BCUT2D eigenvalue weighted by Gasteiger charge is 2.34. The first-order valence-electron chi connectivity index (χ1n) is 10.7. The molecule has 8 heteroatoms.